The molecule has 3 heteroatoms. The van der Waals surface area contributed by atoms with E-state index in [0.717, 1.165) is 16.4 Å². The normalized spacial score (nSPS) is 14.4. The van der Waals surface area contributed by atoms with Crippen LogP contribution in [0.1, 0.15) is 11.1 Å². The van der Waals surface area contributed by atoms with Crippen LogP contribution in [0.3, 0.4) is 0 Å². The van der Waals surface area contributed by atoms with Crippen LogP contribution >= 0.6 is 7.14 Å². The van der Waals surface area contributed by atoms with E-state index in [1.807, 2.05) is 60.7 Å². The molecule has 1 N–H and O–H groups in total. The molecule has 0 saturated carbocycles. The summed E-state index contributed by atoms with van der Waals surface area (Å²) in [5, 5.41) is 10.1. The highest BCUT2D eigenvalue weighted by atomic mass is 31.2. The molecule has 0 aliphatic rings. The third-order valence-electron chi connectivity index (χ3n) is 3.03. The minimum atomic E-state index is -2.50. The molecular weight excluding hydrogens is 255 g/mol. The van der Waals surface area contributed by atoms with Gasteiger partial charge >= 0.3 is 0 Å². The van der Waals surface area contributed by atoms with Crippen molar-refractivity contribution in [1.29, 1.82) is 0 Å². The van der Waals surface area contributed by atoms with Crippen LogP contribution < -0.4 is 5.30 Å². The first-order valence-corrected chi connectivity index (χ1v) is 8.36. The highest BCUT2D eigenvalue weighted by Crippen LogP contribution is 2.42. The van der Waals surface area contributed by atoms with Crippen molar-refractivity contribution in [2.75, 3.05) is 6.66 Å². The maximum atomic E-state index is 12.6. The maximum Gasteiger partial charge on any atom is 0.133 e. The van der Waals surface area contributed by atoms with Gasteiger partial charge in [0.1, 0.15) is 7.14 Å². The van der Waals surface area contributed by atoms with Gasteiger partial charge in [-0.2, -0.15) is 0 Å². The van der Waals surface area contributed by atoms with Crippen molar-refractivity contribution in [3.8, 4) is 0 Å². The summed E-state index contributed by atoms with van der Waals surface area (Å²) in [5.74, 6) is 1.75. The summed E-state index contributed by atoms with van der Waals surface area (Å²) in [7, 11) is -2.50. The molecule has 2 aromatic carbocycles. The van der Waals surface area contributed by atoms with E-state index in [4.69, 9.17) is 0 Å². The molecule has 0 aromatic heterocycles. The highest BCUT2D eigenvalue weighted by Gasteiger charge is 2.13. The first-order chi connectivity index (χ1) is 9.13. The zero-order valence-electron chi connectivity index (χ0n) is 10.9. The second-order valence-corrected chi connectivity index (χ2v) is 7.29. The lowest BCUT2D eigenvalue weighted by molar-refractivity contribution is 0.281. The Morgan fingerprint density at radius 1 is 1.05 bits per heavy atom. The molecule has 0 bridgehead atoms. The number of benzene rings is 2. The fraction of sp³-hybridized carbons (Fsp3) is 0.125. The average Bonchev–Trinajstić information content (AvgIpc) is 2.46. The molecule has 0 radical (unpaired) electrons. The molecule has 2 rings (SSSR count). The predicted octanol–water partition coefficient (Wildman–Crippen LogP) is 3.47. The monoisotopic (exact) mass is 272 g/mol. The van der Waals surface area contributed by atoms with Crippen molar-refractivity contribution in [1.82, 2.24) is 0 Å². The summed E-state index contributed by atoms with van der Waals surface area (Å²) in [6, 6.07) is 17.0. The fourth-order valence-corrected chi connectivity index (χ4v) is 3.25. The zero-order valence-corrected chi connectivity index (χ0v) is 11.8. The van der Waals surface area contributed by atoms with Gasteiger partial charge in [0, 0.05) is 5.30 Å². The molecular formula is C16H17O2P. The molecule has 0 saturated heterocycles. The van der Waals surface area contributed by atoms with Crippen molar-refractivity contribution in [2.24, 2.45) is 0 Å². The summed E-state index contributed by atoms with van der Waals surface area (Å²) >= 11 is 0. The Morgan fingerprint density at radius 2 is 1.68 bits per heavy atom. The molecule has 2 nitrogen and oxygen atoms in total. The lowest BCUT2D eigenvalue weighted by Gasteiger charge is -2.08. The number of hydrogen-bond donors (Lipinski definition) is 1. The minimum absolute atomic E-state index is 0.0140. The van der Waals surface area contributed by atoms with Crippen LogP contribution in [0.25, 0.3) is 6.08 Å². The van der Waals surface area contributed by atoms with E-state index in [2.05, 4.69) is 0 Å². The molecule has 0 heterocycles. The standard InChI is InChI=1S/C16H17O2P/c1-19(18,16-9-3-2-4-10-16)12-11-14-7-5-6-8-15(14)13-17/h2-12,17H,13H2,1H3/b12-11+/t19-/m0/s1. The first kappa shape index (κ1) is 13.8. The molecule has 98 valence electrons. The van der Waals surface area contributed by atoms with Crippen LogP contribution in [0, 0.1) is 0 Å². The minimum Gasteiger partial charge on any atom is -0.392 e. The summed E-state index contributed by atoms with van der Waals surface area (Å²) in [6.07, 6.45) is 1.83. The van der Waals surface area contributed by atoms with Crippen molar-refractivity contribution in [2.45, 2.75) is 6.61 Å². The van der Waals surface area contributed by atoms with Crippen LogP contribution in [0.4, 0.5) is 0 Å². The van der Waals surface area contributed by atoms with E-state index in [0.29, 0.717) is 0 Å². The fourth-order valence-electron chi connectivity index (χ4n) is 1.87. The second-order valence-electron chi connectivity index (χ2n) is 4.50. The number of aliphatic hydroxyl groups excluding tert-OH is 1. The van der Waals surface area contributed by atoms with Gasteiger partial charge in [0.25, 0.3) is 0 Å². The highest BCUT2D eigenvalue weighted by molar-refractivity contribution is 7.73. The number of hydrogen-bond acceptors (Lipinski definition) is 2. The van der Waals surface area contributed by atoms with Gasteiger partial charge in [-0.15, -0.1) is 0 Å². The van der Waals surface area contributed by atoms with E-state index in [1.165, 1.54) is 0 Å². The molecule has 0 aliphatic carbocycles. The summed E-state index contributed by atoms with van der Waals surface area (Å²) < 4.78 is 12.6. The summed E-state index contributed by atoms with van der Waals surface area (Å²) in [5.41, 5.74) is 1.75. The van der Waals surface area contributed by atoms with Gasteiger partial charge in [0.05, 0.1) is 6.61 Å². The van der Waals surface area contributed by atoms with Crippen molar-refractivity contribution >= 4 is 18.5 Å². The molecule has 0 aliphatic heterocycles. The van der Waals surface area contributed by atoms with Gasteiger partial charge in [-0.1, -0.05) is 60.7 Å². The number of rotatable bonds is 4. The summed E-state index contributed by atoms with van der Waals surface area (Å²) in [6.45, 7) is 1.74. The van der Waals surface area contributed by atoms with Crippen LogP contribution in [-0.4, -0.2) is 11.8 Å². The van der Waals surface area contributed by atoms with E-state index >= 15 is 0 Å². The van der Waals surface area contributed by atoms with E-state index in [1.54, 1.807) is 12.5 Å². The Hall–Kier alpha value is -1.63. The van der Waals surface area contributed by atoms with Crippen molar-refractivity contribution < 1.29 is 9.67 Å². The van der Waals surface area contributed by atoms with Crippen molar-refractivity contribution in [3.05, 3.63) is 71.5 Å². The van der Waals surface area contributed by atoms with Gasteiger partial charge < -0.3 is 9.67 Å². The first-order valence-electron chi connectivity index (χ1n) is 6.14. The van der Waals surface area contributed by atoms with Gasteiger partial charge in [-0.3, -0.25) is 0 Å². The van der Waals surface area contributed by atoms with Crippen LogP contribution in [-0.2, 0) is 11.2 Å². The lowest BCUT2D eigenvalue weighted by Crippen LogP contribution is -2.00. The Bertz CT molecular complexity index is 618. The van der Waals surface area contributed by atoms with Crippen LogP contribution in [0.2, 0.25) is 0 Å². The van der Waals surface area contributed by atoms with E-state index in [-0.39, 0.29) is 6.61 Å². The van der Waals surface area contributed by atoms with Gasteiger partial charge in [-0.25, -0.2) is 0 Å². The average molecular weight is 272 g/mol. The molecule has 0 unspecified atom stereocenters. The van der Waals surface area contributed by atoms with E-state index < -0.39 is 7.14 Å². The zero-order chi connectivity index (χ0) is 13.7. The molecule has 19 heavy (non-hydrogen) atoms. The summed E-state index contributed by atoms with van der Waals surface area (Å²) in [4.78, 5) is 0. The maximum absolute atomic E-state index is 12.6. The SMILES string of the molecule is C[P@](=O)(/C=C/c1ccccc1CO)c1ccccc1. The Morgan fingerprint density at radius 3 is 2.37 bits per heavy atom. The largest absolute Gasteiger partial charge is 0.392 e. The Kier molecular flexibility index (Phi) is 4.36. The quantitative estimate of drug-likeness (QED) is 0.865. The Labute approximate surface area is 113 Å². The number of aliphatic hydroxyl groups is 1. The van der Waals surface area contributed by atoms with Crippen molar-refractivity contribution in [3.63, 3.8) is 0 Å². The smallest absolute Gasteiger partial charge is 0.133 e. The lowest BCUT2D eigenvalue weighted by atomic mass is 10.1. The molecule has 1 atom stereocenters. The van der Waals surface area contributed by atoms with Gasteiger partial charge in [0.2, 0.25) is 0 Å². The molecule has 2 aromatic rings. The third kappa shape index (κ3) is 3.44. The van der Waals surface area contributed by atoms with Crippen LogP contribution in [0.5, 0.6) is 0 Å². The van der Waals surface area contributed by atoms with Crippen LogP contribution in [0.15, 0.2) is 60.4 Å². The third-order valence-corrected chi connectivity index (χ3v) is 5.07. The van der Waals surface area contributed by atoms with E-state index in [9.17, 15) is 9.67 Å². The Balaban J connectivity index is 2.30. The topological polar surface area (TPSA) is 37.3 Å². The predicted molar refractivity (Wildman–Crippen MR) is 81.0 cm³/mol. The molecule has 0 fully saturated rings. The van der Waals surface area contributed by atoms with Gasteiger partial charge in [0.15, 0.2) is 0 Å². The molecule has 0 amide bonds. The molecule has 0 spiro atoms. The second kappa shape index (κ2) is 6.01. The van der Waals surface area contributed by atoms with Gasteiger partial charge in [-0.05, 0) is 23.6 Å².